The number of halogens is 1. The first-order chi connectivity index (χ1) is 13.5. The van der Waals surface area contributed by atoms with Gasteiger partial charge in [-0.2, -0.15) is 0 Å². The predicted octanol–water partition coefficient (Wildman–Crippen LogP) is 4.10. The molecule has 0 radical (unpaired) electrons. The van der Waals surface area contributed by atoms with Gasteiger partial charge in [0.15, 0.2) is 0 Å². The minimum Gasteiger partial charge on any atom is -0.478 e. The zero-order valence-electron chi connectivity index (χ0n) is 15.8. The number of rotatable bonds is 6. The van der Waals surface area contributed by atoms with Crippen LogP contribution in [0.3, 0.4) is 0 Å². The largest absolute Gasteiger partial charge is 0.478 e. The second-order valence-electron chi connectivity index (χ2n) is 6.78. The Morgan fingerprint density at radius 2 is 1.57 bits per heavy atom. The van der Waals surface area contributed by atoms with E-state index in [1.165, 1.54) is 0 Å². The van der Waals surface area contributed by atoms with Gasteiger partial charge in [0.25, 0.3) is 0 Å². The number of nitrogens with zero attached hydrogens (tertiary/aromatic N) is 2. The highest BCUT2D eigenvalue weighted by atomic mass is 35.5. The van der Waals surface area contributed by atoms with Gasteiger partial charge in [0.05, 0.1) is 11.3 Å². The van der Waals surface area contributed by atoms with Crippen molar-refractivity contribution >= 4 is 40.5 Å². The lowest BCUT2D eigenvalue weighted by Crippen LogP contribution is -2.46. The minimum absolute atomic E-state index is 0.113. The normalized spacial score (nSPS) is 14.1. The molecular formula is C21H24ClN3O3. The van der Waals surface area contributed by atoms with Gasteiger partial charge in [0.1, 0.15) is 0 Å². The molecule has 1 amide bonds. The Labute approximate surface area is 169 Å². The number of benzene rings is 2. The predicted molar refractivity (Wildman–Crippen MR) is 113 cm³/mol. The van der Waals surface area contributed by atoms with Gasteiger partial charge in [0, 0.05) is 49.0 Å². The van der Waals surface area contributed by atoms with Crippen LogP contribution in [-0.4, -0.2) is 43.2 Å². The topological polar surface area (TPSA) is 72.9 Å². The Kier molecular flexibility index (Phi) is 6.41. The van der Waals surface area contributed by atoms with Crippen molar-refractivity contribution in [2.24, 2.45) is 0 Å². The van der Waals surface area contributed by atoms with Gasteiger partial charge in [-0.15, -0.1) is 0 Å². The van der Waals surface area contributed by atoms with E-state index in [1.807, 2.05) is 37.3 Å². The molecule has 0 spiro atoms. The van der Waals surface area contributed by atoms with Crippen LogP contribution in [0.1, 0.15) is 30.1 Å². The maximum atomic E-state index is 11.8. The molecule has 3 rings (SSSR count). The molecule has 2 aromatic carbocycles. The van der Waals surface area contributed by atoms with E-state index in [0.29, 0.717) is 18.5 Å². The second-order valence-corrected chi connectivity index (χ2v) is 7.22. The van der Waals surface area contributed by atoms with Crippen LogP contribution in [0.5, 0.6) is 0 Å². The summed E-state index contributed by atoms with van der Waals surface area (Å²) in [7, 11) is 0. The third-order valence-corrected chi connectivity index (χ3v) is 5.07. The fourth-order valence-corrected chi connectivity index (χ4v) is 3.46. The Bertz CT molecular complexity index is 846. The second kappa shape index (κ2) is 8.97. The maximum Gasteiger partial charge on any atom is 0.337 e. The van der Waals surface area contributed by atoms with Crippen LogP contribution in [0.2, 0.25) is 5.02 Å². The van der Waals surface area contributed by atoms with E-state index in [0.717, 1.165) is 42.6 Å². The Morgan fingerprint density at radius 3 is 2.14 bits per heavy atom. The van der Waals surface area contributed by atoms with E-state index >= 15 is 0 Å². The highest BCUT2D eigenvalue weighted by Gasteiger charge is 2.20. The number of nitrogens with one attached hydrogen (secondary N) is 1. The molecule has 1 fully saturated rings. The molecule has 148 valence electrons. The van der Waals surface area contributed by atoms with E-state index in [-0.39, 0.29) is 11.5 Å². The van der Waals surface area contributed by atoms with E-state index < -0.39 is 5.97 Å². The van der Waals surface area contributed by atoms with Crippen molar-refractivity contribution in [3.63, 3.8) is 0 Å². The first-order valence-corrected chi connectivity index (χ1v) is 9.78. The third kappa shape index (κ3) is 4.75. The molecular weight excluding hydrogens is 378 g/mol. The fraction of sp³-hybridized carbons (Fsp3) is 0.333. The molecule has 28 heavy (non-hydrogen) atoms. The summed E-state index contributed by atoms with van der Waals surface area (Å²) in [5.41, 5.74) is 2.43. The Morgan fingerprint density at radius 1 is 1.00 bits per heavy atom. The molecule has 0 atom stereocenters. The number of anilines is 3. The van der Waals surface area contributed by atoms with E-state index in [2.05, 4.69) is 15.1 Å². The van der Waals surface area contributed by atoms with Crippen LogP contribution in [0.15, 0.2) is 42.5 Å². The number of piperazine rings is 1. The van der Waals surface area contributed by atoms with Crippen molar-refractivity contribution in [1.82, 2.24) is 0 Å². The smallest absolute Gasteiger partial charge is 0.337 e. The number of carboxylic acid groups (broad SMARTS) is 1. The SMILES string of the molecule is CCCC(=O)Nc1ccc(N2CCN(c3ccc(Cl)cc3)CC2)cc1C(=O)O. The quantitative estimate of drug-likeness (QED) is 0.762. The molecule has 0 bridgehead atoms. The van der Waals surface area contributed by atoms with Gasteiger partial charge in [-0.05, 0) is 48.9 Å². The molecule has 0 aliphatic carbocycles. The van der Waals surface area contributed by atoms with Gasteiger partial charge in [-0.25, -0.2) is 4.79 Å². The summed E-state index contributed by atoms with van der Waals surface area (Å²) in [6.45, 7) is 5.13. The molecule has 1 heterocycles. The van der Waals surface area contributed by atoms with Crippen LogP contribution >= 0.6 is 11.6 Å². The molecule has 6 nitrogen and oxygen atoms in total. The standard InChI is InChI=1S/C21H24ClN3O3/c1-2-3-20(26)23-19-9-8-17(14-18(19)21(27)28)25-12-10-24(11-13-25)16-6-4-15(22)5-7-16/h4-9,14H,2-3,10-13H2,1H3,(H,23,26)(H,27,28). The van der Waals surface area contributed by atoms with E-state index in [4.69, 9.17) is 11.6 Å². The summed E-state index contributed by atoms with van der Waals surface area (Å²) in [4.78, 5) is 28.0. The van der Waals surface area contributed by atoms with Gasteiger partial charge in [-0.3, -0.25) is 4.79 Å². The molecule has 1 aliphatic rings. The lowest BCUT2D eigenvalue weighted by atomic mass is 10.1. The van der Waals surface area contributed by atoms with Gasteiger partial charge in [0.2, 0.25) is 5.91 Å². The summed E-state index contributed by atoms with van der Waals surface area (Å²) in [5.74, 6) is -1.22. The van der Waals surface area contributed by atoms with Crippen molar-refractivity contribution in [3.05, 3.63) is 53.1 Å². The first kappa shape index (κ1) is 20.0. The number of hydrogen-bond donors (Lipinski definition) is 2. The summed E-state index contributed by atoms with van der Waals surface area (Å²) in [6.07, 6.45) is 1.08. The third-order valence-electron chi connectivity index (χ3n) is 4.82. The zero-order chi connectivity index (χ0) is 20.1. The number of aromatic carboxylic acids is 1. The zero-order valence-corrected chi connectivity index (χ0v) is 16.6. The maximum absolute atomic E-state index is 11.8. The van der Waals surface area contributed by atoms with Crippen molar-refractivity contribution in [2.45, 2.75) is 19.8 Å². The monoisotopic (exact) mass is 401 g/mol. The van der Waals surface area contributed by atoms with Gasteiger partial charge >= 0.3 is 5.97 Å². The molecule has 2 aromatic rings. The lowest BCUT2D eigenvalue weighted by molar-refractivity contribution is -0.116. The molecule has 2 N–H and O–H groups in total. The molecule has 0 saturated carbocycles. The number of hydrogen-bond acceptors (Lipinski definition) is 4. The number of carbonyl (C=O) groups excluding carboxylic acids is 1. The average Bonchev–Trinajstić information content (AvgIpc) is 2.69. The van der Waals surface area contributed by atoms with Crippen molar-refractivity contribution in [2.75, 3.05) is 41.3 Å². The number of carboxylic acids is 1. The van der Waals surface area contributed by atoms with Crippen LogP contribution in [-0.2, 0) is 4.79 Å². The Balaban J connectivity index is 1.70. The fourth-order valence-electron chi connectivity index (χ4n) is 3.33. The summed E-state index contributed by atoms with van der Waals surface area (Å²) < 4.78 is 0. The molecule has 0 aromatic heterocycles. The van der Waals surface area contributed by atoms with Crippen LogP contribution in [0.4, 0.5) is 17.1 Å². The Hall–Kier alpha value is -2.73. The van der Waals surface area contributed by atoms with Crippen molar-refractivity contribution in [1.29, 1.82) is 0 Å². The van der Waals surface area contributed by atoms with Crippen molar-refractivity contribution < 1.29 is 14.7 Å². The van der Waals surface area contributed by atoms with Gasteiger partial charge < -0.3 is 20.2 Å². The lowest BCUT2D eigenvalue weighted by Gasteiger charge is -2.37. The van der Waals surface area contributed by atoms with Crippen molar-refractivity contribution in [3.8, 4) is 0 Å². The molecule has 1 saturated heterocycles. The van der Waals surface area contributed by atoms with Gasteiger partial charge in [-0.1, -0.05) is 18.5 Å². The van der Waals surface area contributed by atoms with Crippen LogP contribution < -0.4 is 15.1 Å². The highest BCUT2D eigenvalue weighted by molar-refractivity contribution is 6.30. The van der Waals surface area contributed by atoms with E-state index in [9.17, 15) is 14.7 Å². The first-order valence-electron chi connectivity index (χ1n) is 9.40. The molecule has 7 heteroatoms. The van der Waals surface area contributed by atoms with E-state index in [1.54, 1.807) is 12.1 Å². The highest BCUT2D eigenvalue weighted by Crippen LogP contribution is 2.26. The van der Waals surface area contributed by atoms with Crippen LogP contribution in [0, 0.1) is 0 Å². The summed E-state index contributed by atoms with van der Waals surface area (Å²) in [6, 6.07) is 13.0. The minimum atomic E-state index is -1.05. The molecule has 0 unspecified atom stereocenters. The average molecular weight is 402 g/mol. The molecule has 1 aliphatic heterocycles. The number of amides is 1. The van der Waals surface area contributed by atoms with Crippen LogP contribution in [0.25, 0.3) is 0 Å². The summed E-state index contributed by atoms with van der Waals surface area (Å²) in [5, 5.41) is 13.0. The number of carbonyl (C=O) groups is 2. The summed E-state index contributed by atoms with van der Waals surface area (Å²) >= 11 is 5.95.